The number of amides is 1. The van der Waals surface area contributed by atoms with Crippen LogP contribution < -0.4 is 4.74 Å². The molecule has 2 fully saturated rings. The Hall–Kier alpha value is -2.16. The Balaban J connectivity index is 1.74. The van der Waals surface area contributed by atoms with Crippen molar-refractivity contribution < 1.29 is 22.9 Å². The van der Waals surface area contributed by atoms with Crippen molar-refractivity contribution in [3.05, 3.63) is 33.9 Å². The van der Waals surface area contributed by atoms with Gasteiger partial charge in [0.05, 0.1) is 16.4 Å². The number of hydrogen-bond donors (Lipinski definition) is 0. The average molecular weight is 396 g/mol. The first-order valence-corrected chi connectivity index (χ1v) is 11.0. The van der Waals surface area contributed by atoms with Crippen molar-refractivity contribution in [2.45, 2.75) is 51.1 Å². The standard InChI is InChI=1S/C18H24N2O6S/c1-13-6-7-17(16(10-13)20(22)23)26-11-18(21)19(14-4-2-3-5-14)15-8-9-27(24,25)12-15/h6-7,10,14-15H,2-5,8-9,11-12H2,1H3/t15-/m1/s1. The number of nitro benzene ring substituents is 1. The molecule has 148 valence electrons. The molecule has 1 amide bonds. The quantitative estimate of drug-likeness (QED) is 0.539. The zero-order chi connectivity index (χ0) is 19.6. The number of hydrogen-bond acceptors (Lipinski definition) is 6. The summed E-state index contributed by atoms with van der Waals surface area (Å²) >= 11 is 0. The molecule has 0 bridgehead atoms. The minimum absolute atomic E-state index is 0.0140. The van der Waals surface area contributed by atoms with Gasteiger partial charge in [-0.2, -0.15) is 0 Å². The fourth-order valence-corrected chi connectivity index (χ4v) is 5.70. The summed E-state index contributed by atoms with van der Waals surface area (Å²) in [6, 6.07) is 4.26. The fraction of sp³-hybridized carbons (Fsp3) is 0.611. The number of rotatable bonds is 6. The zero-order valence-corrected chi connectivity index (χ0v) is 16.1. The number of carbonyl (C=O) groups excluding carboxylic acids is 1. The van der Waals surface area contributed by atoms with E-state index in [1.807, 2.05) is 0 Å². The first kappa shape index (κ1) is 19.6. The van der Waals surface area contributed by atoms with E-state index in [1.54, 1.807) is 17.9 Å². The van der Waals surface area contributed by atoms with E-state index in [1.165, 1.54) is 12.1 Å². The van der Waals surface area contributed by atoms with Gasteiger partial charge in [0, 0.05) is 18.2 Å². The van der Waals surface area contributed by atoms with Crippen LogP contribution in [-0.4, -0.2) is 54.3 Å². The monoisotopic (exact) mass is 396 g/mol. The Bertz CT molecular complexity index is 832. The highest BCUT2D eigenvalue weighted by atomic mass is 32.2. The molecule has 9 heteroatoms. The van der Waals surface area contributed by atoms with Gasteiger partial charge in [-0.3, -0.25) is 14.9 Å². The van der Waals surface area contributed by atoms with Gasteiger partial charge < -0.3 is 9.64 Å². The minimum atomic E-state index is -3.12. The van der Waals surface area contributed by atoms with Crippen molar-refractivity contribution in [2.24, 2.45) is 0 Å². The molecule has 0 N–H and O–H groups in total. The molecule has 1 aromatic carbocycles. The zero-order valence-electron chi connectivity index (χ0n) is 15.3. The van der Waals surface area contributed by atoms with Crippen LogP contribution in [0.1, 0.15) is 37.7 Å². The lowest BCUT2D eigenvalue weighted by atomic mass is 10.1. The van der Waals surface area contributed by atoms with Crippen LogP contribution in [-0.2, 0) is 14.6 Å². The molecule has 27 heavy (non-hydrogen) atoms. The number of aryl methyl sites for hydroxylation is 1. The molecule has 1 aliphatic carbocycles. The van der Waals surface area contributed by atoms with Gasteiger partial charge in [0.1, 0.15) is 0 Å². The molecule has 0 unspecified atom stereocenters. The van der Waals surface area contributed by atoms with E-state index in [-0.39, 0.29) is 47.5 Å². The van der Waals surface area contributed by atoms with Gasteiger partial charge in [0.2, 0.25) is 0 Å². The molecule has 1 atom stereocenters. The number of carbonyl (C=O) groups is 1. The van der Waals surface area contributed by atoms with Gasteiger partial charge >= 0.3 is 5.69 Å². The Morgan fingerprint density at radius 3 is 2.56 bits per heavy atom. The number of sulfone groups is 1. The molecule has 1 heterocycles. The van der Waals surface area contributed by atoms with Crippen molar-refractivity contribution in [1.82, 2.24) is 4.90 Å². The molecule has 3 rings (SSSR count). The largest absolute Gasteiger partial charge is 0.477 e. The highest BCUT2D eigenvalue weighted by Crippen LogP contribution is 2.31. The fourth-order valence-electron chi connectivity index (χ4n) is 3.99. The molecular formula is C18H24N2O6S. The van der Waals surface area contributed by atoms with Crippen LogP contribution in [0.5, 0.6) is 5.75 Å². The van der Waals surface area contributed by atoms with Crippen LogP contribution in [0.2, 0.25) is 0 Å². The Labute approximate surface area is 158 Å². The SMILES string of the molecule is Cc1ccc(OCC(=O)N(C2CCCC2)[C@@H]2CCS(=O)(=O)C2)c([N+](=O)[O-])c1. The minimum Gasteiger partial charge on any atom is -0.477 e. The van der Waals surface area contributed by atoms with Gasteiger partial charge in [-0.25, -0.2) is 8.42 Å². The number of benzene rings is 1. The van der Waals surface area contributed by atoms with Crippen molar-refractivity contribution in [3.63, 3.8) is 0 Å². The van der Waals surface area contributed by atoms with E-state index < -0.39 is 14.8 Å². The summed E-state index contributed by atoms with van der Waals surface area (Å²) in [6.45, 7) is 1.40. The third-order valence-electron chi connectivity index (χ3n) is 5.27. The summed E-state index contributed by atoms with van der Waals surface area (Å²) < 4.78 is 29.2. The van der Waals surface area contributed by atoms with Gasteiger partial charge in [0.15, 0.2) is 22.2 Å². The molecule has 1 saturated heterocycles. The highest BCUT2D eigenvalue weighted by molar-refractivity contribution is 7.91. The third-order valence-corrected chi connectivity index (χ3v) is 7.02. The highest BCUT2D eigenvalue weighted by Gasteiger charge is 2.39. The smallest absolute Gasteiger partial charge is 0.311 e. The second kappa shape index (κ2) is 7.84. The third kappa shape index (κ3) is 4.58. The van der Waals surface area contributed by atoms with Gasteiger partial charge in [-0.15, -0.1) is 0 Å². The average Bonchev–Trinajstić information content (AvgIpc) is 3.24. The van der Waals surface area contributed by atoms with Gasteiger partial charge in [-0.05, 0) is 37.8 Å². The van der Waals surface area contributed by atoms with Crippen LogP contribution in [0.15, 0.2) is 18.2 Å². The van der Waals surface area contributed by atoms with E-state index in [0.29, 0.717) is 6.42 Å². The summed E-state index contributed by atoms with van der Waals surface area (Å²) in [6.07, 6.45) is 4.17. The summed E-state index contributed by atoms with van der Waals surface area (Å²) in [5.74, 6) is -0.179. The molecule has 0 spiro atoms. The van der Waals surface area contributed by atoms with Crippen LogP contribution in [0.25, 0.3) is 0 Å². The van der Waals surface area contributed by atoms with E-state index in [9.17, 15) is 23.3 Å². The van der Waals surface area contributed by atoms with E-state index in [2.05, 4.69) is 0 Å². The summed E-state index contributed by atoms with van der Waals surface area (Å²) in [4.78, 5) is 25.2. The van der Waals surface area contributed by atoms with Gasteiger partial charge in [-0.1, -0.05) is 18.9 Å². The molecule has 2 aliphatic rings. The predicted octanol–water partition coefficient (Wildman–Crippen LogP) is 2.24. The summed E-state index contributed by atoms with van der Waals surface area (Å²) in [5.41, 5.74) is 0.544. The van der Waals surface area contributed by atoms with E-state index >= 15 is 0 Å². The van der Waals surface area contributed by atoms with Crippen LogP contribution in [0.3, 0.4) is 0 Å². The number of nitro groups is 1. The Kier molecular flexibility index (Phi) is 5.69. The maximum Gasteiger partial charge on any atom is 0.311 e. The maximum absolute atomic E-state index is 12.9. The van der Waals surface area contributed by atoms with Crippen LogP contribution in [0, 0.1) is 17.0 Å². The van der Waals surface area contributed by atoms with Crippen molar-refractivity contribution in [2.75, 3.05) is 18.1 Å². The summed E-state index contributed by atoms with van der Waals surface area (Å²) in [5, 5.41) is 11.2. The summed E-state index contributed by atoms with van der Waals surface area (Å²) in [7, 11) is -3.12. The second-order valence-electron chi connectivity index (χ2n) is 7.31. The van der Waals surface area contributed by atoms with Crippen molar-refractivity contribution in [1.29, 1.82) is 0 Å². The van der Waals surface area contributed by atoms with Gasteiger partial charge in [0.25, 0.3) is 5.91 Å². The first-order chi connectivity index (χ1) is 12.8. The molecule has 0 aromatic heterocycles. The molecule has 1 aromatic rings. The Morgan fingerprint density at radius 1 is 1.26 bits per heavy atom. The topological polar surface area (TPSA) is 107 Å². The molecule has 1 saturated carbocycles. The molecule has 8 nitrogen and oxygen atoms in total. The van der Waals surface area contributed by atoms with E-state index in [4.69, 9.17) is 4.74 Å². The van der Waals surface area contributed by atoms with E-state index in [0.717, 1.165) is 31.2 Å². The van der Waals surface area contributed by atoms with Crippen LogP contribution >= 0.6 is 0 Å². The number of nitrogens with zero attached hydrogens (tertiary/aromatic N) is 2. The Morgan fingerprint density at radius 2 is 1.96 bits per heavy atom. The lowest BCUT2D eigenvalue weighted by Crippen LogP contribution is -2.48. The normalized spacial score (nSPS) is 21.9. The lowest BCUT2D eigenvalue weighted by molar-refractivity contribution is -0.385. The molecule has 0 radical (unpaired) electrons. The van der Waals surface area contributed by atoms with Crippen molar-refractivity contribution in [3.8, 4) is 5.75 Å². The van der Waals surface area contributed by atoms with Crippen LogP contribution in [0.4, 0.5) is 5.69 Å². The second-order valence-corrected chi connectivity index (χ2v) is 9.54. The first-order valence-electron chi connectivity index (χ1n) is 9.16. The molecule has 1 aliphatic heterocycles. The predicted molar refractivity (Wildman–Crippen MR) is 99.5 cm³/mol. The van der Waals surface area contributed by atoms with Crippen molar-refractivity contribution >= 4 is 21.4 Å². The maximum atomic E-state index is 12.9. The molecular weight excluding hydrogens is 372 g/mol. The lowest BCUT2D eigenvalue weighted by Gasteiger charge is -2.34. The number of ether oxygens (including phenoxy) is 1.